The van der Waals surface area contributed by atoms with Gasteiger partial charge in [-0.15, -0.1) is 0 Å². The van der Waals surface area contributed by atoms with Gasteiger partial charge in [0, 0.05) is 44.2 Å². The van der Waals surface area contributed by atoms with E-state index in [0.717, 1.165) is 22.8 Å². The van der Waals surface area contributed by atoms with Crippen LogP contribution in [-0.2, 0) is 17.8 Å². The van der Waals surface area contributed by atoms with Crippen molar-refractivity contribution in [3.8, 4) is 11.3 Å². The summed E-state index contributed by atoms with van der Waals surface area (Å²) < 4.78 is 2.14. The number of carbonyl (C=O) groups is 2. The van der Waals surface area contributed by atoms with Crippen molar-refractivity contribution in [3.05, 3.63) is 60.3 Å². The van der Waals surface area contributed by atoms with Crippen LogP contribution in [0.3, 0.4) is 0 Å². The summed E-state index contributed by atoms with van der Waals surface area (Å²) in [6.07, 6.45) is 5.54. The van der Waals surface area contributed by atoms with E-state index in [1.165, 1.54) is 19.3 Å². The minimum Gasteiger partial charge on any atom is -0.336 e. The Kier molecular flexibility index (Phi) is 4.84. The molecule has 2 aromatic heterocycles. The molecule has 0 saturated heterocycles. The number of fused-ring (bicyclic) bond motifs is 1. The smallest absolute Gasteiger partial charge is 0.255 e. The number of hydrogen-bond acceptors (Lipinski definition) is 5. The van der Waals surface area contributed by atoms with Gasteiger partial charge < -0.3 is 14.8 Å². The first-order valence-corrected chi connectivity index (χ1v) is 9.10. The number of nitrogens with one attached hydrogen (secondary N) is 1. The Bertz CT molecular complexity index is 1010. The van der Waals surface area contributed by atoms with Crippen molar-refractivity contribution in [2.45, 2.75) is 19.9 Å². The summed E-state index contributed by atoms with van der Waals surface area (Å²) in [7, 11) is 0. The molecule has 8 nitrogen and oxygen atoms in total. The molecule has 0 aliphatic carbocycles. The fourth-order valence-corrected chi connectivity index (χ4v) is 3.42. The SMILES string of the molecule is CC(=O)Nc1cccc(-c2cnc3n2CCN(C(=O)c2ccnnc2)CC3)c1. The van der Waals surface area contributed by atoms with Crippen LogP contribution in [0, 0.1) is 0 Å². The van der Waals surface area contributed by atoms with Crippen LogP contribution in [0.1, 0.15) is 23.1 Å². The Morgan fingerprint density at radius 2 is 1.96 bits per heavy atom. The molecule has 4 rings (SSSR count). The van der Waals surface area contributed by atoms with Crippen molar-refractivity contribution < 1.29 is 9.59 Å². The Balaban J connectivity index is 1.56. The predicted molar refractivity (Wildman–Crippen MR) is 104 cm³/mol. The van der Waals surface area contributed by atoms with Crippen molar-refractivity contribution in [2.24, 2.45) is 0 Å². The zero-order chi connectivity index (χ0) is 19.5. The van der Waals surface area contributed by atoms with Gasteiger partial charge in [-0.2, -0.15) is 10.2 Å². The van der Waals surface area contributed by atoms with E-state index in [2.05, 4.69) is 25.1 Å². The van der Waals surface area contributed by atoms with E-state index in [0.29, 0.717) is 31.6 Å². The summed E-state index contributed by atoms with van der Waals surface area (Å²) in [5, 5.41) is 10.3. The highest BCUT2D eigenvalue weighted by Crippen LogP contribution is 2.25. The lowest BCUT2D eigenvalue weighted by molar-refractivity contribution is -0.114. The van der Waals surface area contributed by atoms with E-state index >= 15 is 0 Å². The molecule has 0 bridgehead atoms. The molecule has 0 saturated carbocycles. The van der Waals surface area contributed by atoms with Gasteiger partial charge in [0.1, 0.15) is 5.82 Å². The third-order valence-corrected chi connectivity index (χ3v) is 4.73. The van der Waals surface area contributed by atoms with Crippen LogP contribution in [0.5, 0.6) is 0 Å². The van der Waals surface area contributed by atoms with Crippen molar-refractivity contribution in [3.63, 3.8) is 0 Å². The molecule has 0 fully saturated rings. The standard InChI is InChI=1S/C20H20N6O2/c1-14(27)24-17-4-2-3-15(11-17)18-13-21-19-6-8-25(9-10-26(18)19)20(28)16-5-7-22-23-12-16/h2-5,7,11-13H,6,8-10H2,1H3,(H,24,27). The van der Waals surface area contributed by atoms with E-state index < -0.39 is 0 Å². The molecule has 2 amide bonds. The molecule has 1 aliphatic rings. The molecular weight excluding hydrogens is 356 g/mol. The van der Waals surface area contributed by atoms with Crippen LogP contribution in [0.25, 0.3) is 11.3 Å². The minimum absolute atomic E-state index is 0.0464. The molecule has 1 aromatic carbocycles. The number of amides is 2. The van der Waals surface area contributed by atoms with Crippen molar-refractivity contribution in [1.29, 1.82) is 0 Å². The van der Waals surface area contributed by atoms with Crippen LogP contribution in [0.15, 0.2) is 48.9 Å². The second-order valence-electron chi connectivity index (χ2n) is 6.65. The maximum atomic E-state index is 12.7. The zero-order valence-corrected chi connectivity index (χ0v) is 15.5. The topological polar surface area (TPSA) is 93.0 Å². The largest absolute Gasteiger partial charge is 0.336 e. The van der Waals surface area contributed by atoms with E-state index in [9.17, 15) is 9.59 Å². The van der Waals surface area contributed by atoms with Crippen molar-refractivity contribution in [2.75, 3.05) is 18.4 Å². The normalized spacial score (nSPS) is 13.5. The number of anilines is 1. The average molecular weight is 376 g/mol. The van der Waals surface area contributed by atoms with Crippen LogP contribution in [-0.4, -0.2) is 49.6 Å². The summed E-state index contributed by atoms with van der Waals surface area (Å²) in [5.41, 5.74) is 3.24. The van der Waals surface area contributed by atoms with Gasteiger partial charge in [-0.1, -0.05) is 12.1 Å². The summed E-state index contributed by atoms with van der Waals surface area (Å²) in [6.45, 7) is 3.33. The second-order valence-corrected chi connectivity index (χ2v) is 6.65. The number of rotatable bonds is 3. The van der Waals surface area contributed by atoms with Crippen LogP contribution >= 0.6 is 0 Å². The van der Waals surface area contributed by atoms with Crippen molar-refractivity contribution >= 4 is 17.5 Å². The number of benzene rings is 1. The molecule has 142 valence electrons. The van der Waals surface area contributed by atoms with Gasteiger partial charge in [-0.05, 0) is 18.2 Å². The minimum atomic E-state index is -0.107. The maximum Gasteiger partial charge on any atom is 0.255 e. The highest BCUT2D eigenvalue weighted by Gasteiger charge is 2.22. The molecule has 8 heteroatoms. The van der Waals surface area contributed by atoms with Gasteiger partial charge >= 0.3 is 0 Å². The first kappa shape index (κ1) is 17.8. The quantitative estimate of drug-likeness (QED) is 0.755. The molecule has 0 unspecified atom stereocenters. The lowest BCUT2D eigenvalue weighted by atomic mass is 10.1. The molecule has 0 radical (unpaired) electrons. The first-order chi connectivity index (χ1) is 13.6. The maximum absolute atomic E-state index is 12.7. The highest BCUT2D eigenvalue weighted by molar-refractivity contribution is 5.93. The molecule has 3 aromatic rings. The lowest BCUT2D eigenvalue weighted by Crippen LogP contribution is -2.33. The Labute approximate surface area is 162 Å². The van der Waals surface area contributed by atoms with Crippen LogP contribution in [0.4, 0.5) is 5.69 Å². The molecule has 0 spiro atoms. The monoisotopic (exact) mass is 376 g/mol. The first-order valence-electron chi connectivity index (χ1n) is 9.10. The fourth-order valence-electron chi connectivity index (χ4n) is 3.42. The van der Waals surface area contributed by atoms with Gasteiger partial charge in [0.05, 0.1) is 29.8 Å². The fraction of sp³-hybridized carbons (Fsp3) is 0.250. The third-order valence-electron chi connectivity index (χ3n) is 4.73. The van der Waals surface area contributed by atoms with Gasteiger partial charge in [0.15, 0.2) is 0 Å². The predicted octanol–water partition coefficient (Wildman–Crippen LogP) is 2.00. The Hall–Kier alpha value is -3.55. The number of imidazole rings is 1. The van der Waals surface area contributed by atoms with Gasteiger partial charge in [0.25, 0.3) is 5.91 Å². The zero-order valence-electron chi connectivity index (χ0n) is 15.5. The molecule has 28 heavy (non-hydrogen) atoms. The average Bonchev–Trinajstić information content (AvgIpc) is 2.99. The molecule has 1 aliphatic heterocycles. The molecular formula is C20H20N6O2. The van der Waals surface area contributed by atoms with E-state index in [1.54, 1.807) is 6.07 Å². The molecule has 3 heterocycles. The third kappa shape index (κ3) is 3.62. The Morgan fingerprint density at radius 3 is 2.75 bits per heavy atom. The van der Waals surface area contributed by atoms with Gasteiger partial charge in [0.2, 0.25) is 5.91 Å². The summed E-state index contributed by atoms with van der Waals surface area (Å²) in [4.78, 5) is 30.4. The molecule has 0 atom stereocenters. The summed E-state index contributed by atoms with van der Waals surface area (Å²) in [6, 6.07) is 9.36. The van der Waals surface area contributed by atoms with Crippen molar-refractivity contribution in [1.82, 2.24) is 24.6 Å². The van der Waals surface area contributed by atoms with E-state index in [4.69, 9.17) is 0 Å². The lowest BCUT2D eigenvalue weighted by Gasteiger charge is -2.20. The highest BCUT2D eigenvalue weighted by atomic mass is 16.2. The Morgan fingerprint density at radius 1 is 1.07 bits per heavy atom. The second kappa shape index (κ2) is 7.59. The summed E-state index contributed by atoms with van der Waals surface area (Å²) >= 11 is 0. The van der Waals surface area contributed by atoms with Crippen LogP contribution < -0.4 is 5.32 Å². The number of nitrogens with zero attached hydrogens (tertiary/aromatic N) is 5. The number of carbonyl (C=O) groups excluding carboxylic acids is 2. The van der Waals surface area contributed by atoms with E-state index in [-0.39, 0.29) is 11.8 Å². The van der Waals surface area contributed by atoms with Gasteiger partial charge in [-0.3, -0.25) is 9.59 Å². The summed E-state index contributed by atoms with van der Waals surface area (Å²) in [5.74, 6) is 0.793. The van der Waals surface area contributed by atoms with E-state index in [1.807, 2.05) is 35.4 Å². The number of aromatic nitrogens is 4. The van der Waals surface area contributed by atoms with Gasteiger partial charge in [-0.25, -0.2) is 4.98 Å². The number of hydrogen-bond donors (Lipinski definition) is 1. The molecule has 1 N–H and O–H groups in total. The van der Waals surface area contributed by atoms with Crippen LogP contribution in [0.2, 0.25) is 0 Å².